The molecule has 0 aromatic heterocycles. The summed E-state index contributed by atoms with van der Waals surface area (Å²) in [6.45, 7) is 2.28. The van der Waals surface area contributed by atoms with Crippen LogP contribution in [0.3, 0.4) is 0 Å². The zero-order valence-electron chi connectivity index (χ0n) is 15.7. The third kappa shape index (κ3) is 4.30. The van der Waals surface area contributed by atoms with Crippen molar-refractivity contribution >= 4 is 29.0 Å². The summed E-state index contributed by atoms with van der Waals surface area (Å²) in [4.78, 5) is 3.44. The third-order valence-electron chi connectivity index (χ3n) is 5.35. The Morgan fingerprint density at radius 3 is 2.22 bits per heavy atom. The fourth-order valence-electron chi connectivity index (χ4n) is 4.04. The van der Waals surface area contributed by atoms with Crippen LogP contribution in [0.15, 0.2) is 77.5 Å². The molecule has 0 spiro atoms. The van der Waals surface area contributed by atoms with Gasteiger partial charge in [0.05, 0.1) is 0 Å². The van der Waals surface area contributed by atoms with Crippen LogP contribution in [0.4, 0.5) is 5.69 Å². The summed E-state index contributed by atoms with van der Waals surface area (Å²) >= 11 is 5.84. The molecule has 2 aliphatic rings. The van der Waals surface area contributed by atoms with Crippen molar-refractivity contribution in [1.29, 1.82) is 0 Å². The van der Waals surface area contributed by atoms with Crippen molar-refractivity contribution in [3.05, 3.63) is 83.1 Å². The topological polar surface area (TPSA) is 15.3 Å². The lowest BCUT2D eigenvalue weighted by atomic mass is 10.0. The van der Waals surface area contributed by atoms with Crippen molar-refractivity contribution in [3.8, 4) is 0 Å². The number of nitrogens with one attached hydrogen (secondary N) is 1. The van der Waals surface area contributed by atoms with Crippen LogP contribution in [0.25, 0.3) is 6.08 Å². The molecule has 2 nitrogen and oxygen atoms in total. The van der Waals surface area contributed by atoms with E-state index < -0.39 is 0 Å². The molecule has 0 atom stereocenters. The van der Waals surface area contributed by atoms with Gasteiger partial charge >= 0.3 is 0 Å². The van der Waals surface area contributed by atoms with Gasteiger partial charge in [-0.1, -0.05) is 60.7 Å². The first-order chi connectivity index (χ1) is 13.3. The highest BCUT2D eigenvalue weighted by Crippen LogP contribution is 2.37. The number of thiocarbonyl (C=S) groups is 1. The van der Waals surface area contributed by atoms with Crippen LogP contribution in [0.2, 0.25) is 0 Å². The quantitative estimate of drug-likeness (QED) is 0.657. The molecule has 1 fully saturated rings. The van der Waals surface area contributed by atoms with Gasteiger partial charge in [-0.25, -0.2) is 0 Å². The van der Waals surface area contributed by atoms with E-state index in [-0.39, 0.29) is 0 Å². The molecule has 138 valence electrons. The van der Waals surface area contributed by atoms with Gasteiger partial charge in [-0.2, -0.15) is 0 Å². The number of piperidine rings is 1. The molecule has 0 radical (unpaired) electrons. The van der Waals surface area contributed by atoms with Crippen LogP contribution in [0.5, 0.6) is 0 Å². The number of para-hydroxylation sites is 1. The molecule has 1 aliphatic heterocycles. The smallest absolute Gasteiger partial charge is 0.108 e. The van der Waals surface area contributed by atoms with Gasteiger partial charge in [-0.15, -0.1) is 0 Å². The van der Waals surface area contributed by atoms with E-state index in [2.05, 4.69) is 58.8 Å². The normalized spacial score (nSPS) is 18.8. The first kappa shape index (κ1) is 18.0. The number of allylic oxidation sites excluding steroid dienone is 1. The van der Waals surface area contributed by atoms with Crippen molar-refractivity contribution in [3.63, 3.8) is 0 Å². The second-order valence-corrected chi connectivity index (χ2v) is 7.68. The molecule has 1 N–H and O–H groups in total. The summed E-state index contributed by atoms with van der Waals surface area (Å²) in [6.07, 6.45) is 8.31. The molecule has 0 saturated carbocycles. The predicted molar refractivity (Wildman–Crippen MR) is 119 cm³/mol. The molecule has 1 aliphatic carbocycles. The van der Waals surface area contributed by atoms with E-state index in [1.165, 1.54) is 41.7 Å². The van der Waals surface area contributed by atoms with E-state index in [4.69, 9.17) is 12.2 Å². The van der Waals surface area contributed by atoms with Gasteiger partial charge in [0, 0.05) is 30.0 Å². The Balaban J connectivity index is 1.67. The van der Waals surface area contributed by atoms with Crippen molar-refractivity contribution < 1.29 is 0 Å². The van der Waals surface area contributed by atoms with Crippen molar-refractivity contribution in [2.24, 2.45) is 0 Å². The second kappa shape index (κ2) is 8.53. The van der Waals surface area contributed by atoms with E-state index in [0.717, 1.165) is 36.6 Å². The number of hydrogen-bond acceptors (Lipinski definition) is 2. The van der Waals surface area contributed by atoms with E-state index in [9.17, 15) is 0 Å². The minimum absolute atomic E-state index is 0.873. The minimum atomic E-state index is 0.873. The van der Waals surface area contributed by atoms with E-state index in [1.807, 2.05) is 18.2 Å². The maximum Gasteiger partial charge on any atom is 0.108 e. The Bertz CT molecular complexity index is 846. The number of nitrogens with zero attached hydrogens (tertiary/aromatic N) is 1. The molecule has 0 amide bonds. The second-order valence-electron chi connectivity index (χ2n) is 7.28. The van der Waals surface area contributed by atoms with E-state index >= 15 is 0 Å². The molecule has 2 aromatic rings. The van der Waals surface area contributed by atoms with E-state index in [0.29, 0.717) is 0 Å². The summed E-state index contributed by atoms with van der Waals surface area (Å²) in [5.41, 5.74) is 6.44. The number of likely N-dealkylation sites (tertiary alicyclic amines) is 1. The van der Waals surface area contributed by atoms with Gasteiger partial charge < -0.3 is 10.2 Å². The van der Waals surface area contributed by atoms with Crippen LogP contribution in [-0.2, 0) is 0 Å². The van der Waals surface area contributed by atoms with Gasteiger partial charge in [-0.3, -0.25) is 0 Å². The largest absolute Gasteiger partial charge is 0.371 e. The van der Waals surface area contributed by atoms with Crippen molar-refractivity contribution in [2.75, 3.05) is 18.4 Å². The summed E-state index contributed by atoms with van der Waals surface area (Å²) < 4.78 is 0. The fourth-order valence-corrected chi connectivity index (χ4v) is 4.36. The zero-order valence-corrected chi connectivity index (χ0v) is 16.5. The van der Waals surface area contributed by atoms with Gasteiger partial charge in [-0.05, 0) is 61.4 Å². The molecular formula is C24H26N2S. The maximum atomic E-state index is 5.84. The Labute approximate surface area is 167 Å². The average molecular weight is 375 g/mol. The van der Waals surface area contributed by atoms with Crippen molar-refractivity contribution in [1.82, 2.24) is 4.90 Å². The Morgan fingerprint density at radius 1 is 0.852 bits per heavy atom. The first-order valence-electron chi connectivity index (χ1n) is 9.92. The third-order valence-corrected chi connectivity index (χ3v) is 5.70. The van der Waals surface area contributed by atoms with Crippen molar-refractivity contribution in [2.45, 2.75) is 32.1 Å². The number of hydrogen-bond donors (Lipinski definition) is 1. The van der Waals surface area contributed by atoms with Gasteiger partial charge in [0.25, 0.3) is 0 Å². The highest BCUT2D eigenvalue weighted by atomic mass is 32.1. The molecule has 0 unspecified atom stereocenters. The molecule has 2 aromatic carbocycles. The standard InChI is InChI=1S/C24H26N2S/c27-24(25-21-12-6-2-7-13-21)22-15-14-20(18-19-10-4-1-5-11-19)23(22)26-16-8-3-9-17-26/h1-2,4-7,10-13,18H,3,8-9,14-17H2,(H,25,27)/b20-18-. The zero-order chi connectivity index (χ0) is 18.5. The molecule has 1 saturated heterocycles. The summed E-state index contributed by atoms with van der Waals surface area (Å²) in [5, 5.41) is 3.46. The molecular weight excluding hydrogens is 348 g/mol. The number of benzene rings is 2. The number of rotatable bonds is 4. The average Bonchev–Trinajstić information content (AvgIpc) is 3.14. The van der Waals surface area contributed by atoms with Gasteiger partial charge in [0.15, 0.2) is 0 Å². The lowest BCUT2D eigenvalue weighted by Gasteiger charge is -2.32. The molecule has 1 heterocycles. The SMILES string of the molecule is S=C(Nc1ccccc1)C1=C(N2CCCCC2)/C(=C\c2ccccc2)CC1. The highest BCUT2D eigenvalue weighted by Gasteiger charge is 2.28. The molecule has 4 rings (SSSR count). The Kier molecular flexibility index (Phi) is 5.69. The van der Waals surface area contributed by atoms with Crippen LogP contribution >= 0.6 is 12.2 Å². The maximum absolute atomic E-state index is 5.84. The summed E-state index contributed by atoms with van der Waals surface area (Å²) in [6, 6.07) is 20.9. The van der Waals surface area contributed by atoms with Crippen LogP contribution < -0.4 is 5.32 Å². The Morgan fingerprint density at radius 2 is 1.52 bits per heavy atom. The molecule has 0 bridgehead atoms. The first-order valence-corrected chi connectivity index (χ1v) is 10.3. The number of anilines is 1. The lowest BCUT2D eigenvalue weighted by Crippen LogP contribution is -2.31. The lowest BCUT2D eigenvalue weighted by molar-refractivity contribution is 0.290. The summed E-state index contributed by atoms with van der Waals surface area (Å²) in [7, 11) is 0. The monoisotopic (exact) mass is 374 g/mol. The van der Waals surface area contributed by atoms with Crippen LogP contribution in [0.1, 0.15) is 37.7 Å². The molecule has 3 heteroatoms. The highest BCUT2D eigenvalue weighted by molar-refractivity contribution is 7.81. The van der Waals surface area contributed by atoms with Crippen LogP contribution in [0, 0.1) is 0 Å². The minimum Gasteiger partial charge on any atom is -0.371 e. The molecule has 27 heavy (non-hydrogen) atoms. The summed E-state index contributed by atoms with van der Waals surface area (Å²) in [5.74, 6) is 0. The fraction of sp³-hybridized carbons (Fsp3) is 0.292. The van der Waals surface area contributed by atoms with Crippen LogP contribution in [-0.4, -0.2) is 23.0 Å². The van der Waals surface area contributed by atoms with Gasteiger partial charge in [0.2, 0.25) is 0 Å². The Hall–Kier alpha value is -2.39. The van der Waals surface area contributed by atoms with Gasteiger partial charge in [0.1, 0.15) is 4.99 Å². The van der Waals surface area contributed by atoms with E-state index in [1.54, 1.807) is 0 Å². The predicted octanol–water partition coefficient (Wildman–Crippen LogP) is 6.04.